The van der Waals surface area contributed by atoms with E-state index in [1.165, 1.54) is 4.88 Å². The number of anilines is 2. The van der Waals surface area contributed by atoms with Crippen molar-refractivity contribution in [2.24, 2.45) is 5.92 Å². The first-order valence-electron chi connectivity index (χ1n) is 8.94. The fourth-order valence-corrected chi connectivity index (χ4v) is 4.03. The number of aliphatic hydroxyl groups excluding tert-OH is 1. The molecule has 1 atom stereocenters. The normalized spacial score (nSPS) is 16.9. The summed E-state index contributed by atoms with van der Waals surface area (Å²) in [4.78, 5) is 12.6. The van der Waals surface area contributed by atoms with E-state index in [-0.39, 0.29) is 6.10 Å². The predicted molar refractivity (Wildman–Crippen MR) is 100 cm³/mol. The number of fused-ring (bicyclic) bond motifs is 1. The van der Waals surface area contributed by atoms with Crippen molar-refractivity contribution in [1.82, 2.24) is 20.3 Å². The summed E-state index contributed by atoms with van der Waals surface area (Å²) in [5.74, 6) is 1.81. The van der Waals surface area contributed by atoms with Gasteiger partial charge in [-0.1, -0.05) is 13.0 Å². The van der Waals surface area contributed by atoms with Crippen LogP contribution in [-0.4, -0.2) is 44.6 Å². The van der Waals surface area contributed by atoms with Gasteiger partial charge in [0, 0.05) is 18.0 Å². The van der Waals surface area contributed by atoms with Crippen molar-refractivity contribution in [3.8, 4) is 0 Å². The van der Waals surface area contributed by atoms with Gasteiger partial charge in [-0.25, -0.2) is 14.6 Å². The SMILES string of the molecule is CC[C@H](O)C1CCN(c2nc3nonc3nc2NCc2cccs2)CC1. The summed E-state index contributed by atoms with van der Waals surface area (Å²) in [7, 11) is 0. The first-order valence-corrected chi connectivity index (χ1v) is 9.82. The molecule has 0 saturated carbocycles. The molecule has 0 aromatic carbocycles. The van der Waals surface area contributed by atoms with E-state index in [1.807, 2.05) is 13.0 Å². The van der Waals surface area contributed by atoms with Crippen molar-refractivity contribution in [2.75, 3.05) is 23.3 Å². The lowest BCUT2D eigenvalue weighted by Gasteiger charge is -2.35. The summed E-state index contributed by atoms with van der Waals surface area (Å²) in [6.45, 7) is 4.38. The van der Waals surface area contributed by atoms with Gasteiger partial charge in [-0.3, -0.25) is 0 Å². The van der Waals surface area contributed by atoms with Crippen LogP contribution in [0.1, 0.15) is 31.1 Å². The fraction of sp³-hybridized carbons (Fsp3) is 0.529. The molecule has 0 bridgehead atoms. The van der Waals surface area contributed by atoms with E-state index < -0.39 is 0 Å². The highest BCUT2D eigenvalue weighted by Crippen LogP contribution is 2.30. The molecule has 8 nitrogen and oxygen atoms in total. The van der Waals surface area contributed by atoms with E-state index in [0.29, 0.717) is 29.6 Å². The molecule has 4 heterocycles. The average Bonchev–Trinajstić information content (AvgIpc) is 3.36. The first kappa shape index (κ1) is 17.2. The number of nitrogens with one attached hydrogen (secondary N) is 1. The Hall–Kier alpha value is -2.26. The molecular formula is C17H22N6O2S. The van der Waals surface area contributed by atoms with E-state index >= 15 is 0 Å². The van der Waals surface area contributed by atoms with Gasteiger partial charge >= 0.3 is 0 Å². The third-order valence-corrected chi connectivity index (χ3v) is 5.78. The van der Waals surface area contributed by atoms with Gasteiger partial charge in [-0.15, -0.1) is 11.3 Å². The van der Waals surface area contributed by atoms with Crippen LogP contribution in [0.15, 0.2) is 22.1 Å². The van der Waals surface area contributed by atoms with Gasteiger partial charge in [-0.05, 0) is 46.9 Å². The average molecular weight is 374 g/mol. The Morgan fingerprint density at radius 1 is 1.31 bits per heavy atom. The highest BCUT2D eigenvalue weighted by molar-refractivity contribution is 7.09. The summed E-state index contributed by atoms with van der Waals surface area (Å²) in [5.41, 5.74) is 0.816. The van der Waals surface area contributed by atoms with Crippen LogP contribution in [0.5, 0.6) is 0 Å². The van der Waals surface area contributed by atoms with Gasteiger partial charge in [0.2, 0.25) is 11.3 Å². The monoisotopic (exact) mass is 374 g/mol. The molecule has 1 aliphatic heterocycles. The van der Waals surface area contributed by atoms with Crippen molar-refractivity contribution < 1.29 is 9.74 Å². The Labute approximate surface area is 155 Å². The van der Waals surface area contributed by atoms with Gasteiger partial charge in [0.25, 0.3) is 0 Å². The highest BCUT2D eigenvalue weighted by Gasteiger charge is 2.27. The molecule has 0 aliphatic carbocycles. The minimum atomic E-state index is -0.220. The zero-order valence-corrected chi connectivity index (χ0v) is 15.4. The maximum absolute atomic E-state index is 10.1. The number of piperidine rings is 1. The van der Waals surface area contributed by atoms with Crippen LogP contribution in [0.2, 0.25) is 0 Å². The lowest BCUT2D eigenvalue weighted by molar-refractivity contribution is 0.0892. The summed E-state index contributed by atoms with van der Waals surface area (Å²) >= 11 is 1.70. The largest absolute Gasteiger partial charge is 0.393 e. The summed E-state index contributed by atoms with van der Waals surface area (Å²) in [5, 5.41) is 23.2. The smallest absolute Gasteiger partial charge is 0.245 e. The number of aromatic nitrogens is 4. The zero-order chi connectivity index (χ0) is 17.9. The van der Waals surface area contributed by atoms with E-state index in [1.54, 1.807) is 11.3 Å². The third-order valence-electron chi connectivity index (χ3n) is 4.91. The molecule has 0 radical (unpaired) electrons. The third kappa shape index (κ3) is 3.49. The lowest BCUT2D eigenvalue weighted by atomic mass is 9.90. The number of nitrogens with zero attached hydrogens (tertiary/aromatic N) is 5. The first-order chi connectivity index (χ1) is 12.7. The van der Waals surface area contributed by atoms with Gasteiger partial charge < -0.3 is 15.3 Å². The molecule has 3 aromatic rings. The van der Waals surface area contributed by atoms with Crippen LogP contribution in [0.3, 0.4) is 0 Å². The Kier molecular flexibility index (Phi) is 4.98. The molecular weight excluding hydrogens is 352 g/mol. The topological polar surface area (TPSA) is 100 Å². The number of hydrogen-bond donors (Lipinski definition) is 2. The molecule has 1 aliphatic rings. The van der Waals surface area contributed by atoms with Crippen LogP contribution < -0.4 is 10.2 Å². The molecule has 2 N–H and O–H groups in total. The maximum Gasteiger partial charge on any atom is 0.245 e. The number of aliphatic hydroxyl groups is 1. The summed E-state index contributed by atoms with van der Waals surface area (Å²) < 4.78 is 4.77. The predicted octanol–water partition coefficient (Wildman–Crippen LogP) is 2.67. The van der Waals surface area contributed by atoms with Gasteiger partial charge in [0.1, 0.15) is 0 Å². The minimum Gasteiger partial charge on any atom is -0.393 e. The van der Waals surface area contributed by atoms with Crippen molar-refractivity contribution in [1.29, 1.82) is 0 Å². The van der Waals surface area contributed by atoms with Crippen LogP contribution >= 0.6 is 11.3 Å². The molecule has 26 heavy (non-hydrogen) atoms. The van der Waals surface area contributed by atoms with Crippen molar-refractivity contribution in [2.45, 2.75) is 38.8 Å². The highest BCUT2D eigenvalue weighted by atomic mass is 32.1. The van der Waals surface area contributed by atoms with Crippen LogP contribution in [0, 0.1) is 5.92 Å². The second-order valence-electron chi connectivity index (χ2n) is 6.54. The van der Waals surface area contributed by atoms with Crippen LogP contribution in [-0.2, 0) is 6.54 Å². The van der Waals surface area contributed by atoms with Crippen LogP contribution in [0.4, 0.5) is 11.6 Å². The lowest BCUT2D eigenvalue weighted by Crippen LogP contribution is -2.38. The molecule has 0 amide bonds. The second kappa shape index (κ2) is 7.55. The van der Waals surface area contributed by atoms with Crippen molar-refractivity contribution in [3.05, 3.63) is 22.4 Å². The number of hydrogen-bond acceptors (Lipinski definition) is 9. The molecule has 0 unspecified atom stereocenters. The van der Waals surface area contributed by atoms with E-state index in [9.17, 15) is 5.11 Å². The number of rotatable bonds is 6. The Morgan fingerprint density at radius 2 is 2.08 bits per heavy atom. The van der Waals surface area contributed by atoms with Gasteiger partial charge in [0.05, 0.1) is 12.6 Å². The second-order valence-corrected chi connectivity index (χ2v) is 7.57. The molecule has 9 heteroatoms. The summed E-state index contributed by atoms with van der Waals surface area (Å²) in [6.07, 6.45) is 2.46. The Morgan fingerprint density at radius 3 is 2.77 bits per heavy atom. The van der Waals surface area contributed by atoms with Gasteiger partial charge in [0.15, 0.2) is 11.6 Å². The minimum absolute atomic E-state index is 0.220. The van der Waals surface area contributed by atoms with E-state index in [0.717, 1.165) is 38.2 Å². The Bertz CT molecular complexity index is 844. The van der Waals surface area contributed by atoms with E-state index in [4.69, 9.17) is 4.63 Å². The molecule has 1 fully saturated rings. The standard InChI is InChI=1S/C17H22N6O2S/c1-2-13(24)11-5-7-23(8-6-11)17-16(18-10-12-4-3-9-26-12)19-14-15(20-17)22-25-21-14/h3-4,9,11,13,24H,2,5-8,10H2,1H3,(H,18,19,21)/t13-/m0/s1. The summed E-state index contributed by atoms with van der Waals surface area (Å²) in [6, 6.07) is 4.11. The maximum atomic E-state index is 10.1. The molecule has 0 spiro atoms. The van der Waals surface area contributed by atoms with Gasteiger partial charge in [-0.2, -0.15) is 0 Å². The quantitative estimate of drug-likeness (QED) is 0.679. The van der Waals surface area contributed by atoms with Crippen molar-refractivity contribution in [3.63, 3.8) is 0 Å². The van der Waals surface area contributed by atoms with Crippen LogP contribution in [0.25, 0.3) is 11.3 Å². The molecule has 3 aromatic heterocycles. The zero-order valence-electron chi connectivity index (χ0n) is 14.6. The number of thiophene rings is 1. The molecule has 138 valence electrons. The van der Waals surface area contributed by atoms with E-state index in [2.05, 4.69) is 41.9 Å². The fourth-order valence-electron chi connectivity index (χ4n) is 3.38. The molecule has 4 rings (SSSR count). The Balaban J connectivity index is 1.55. The molecule has 1 saturated heterocycles. The van der Waals surface area contributed by atoms with Crippen molar-refractivity contribution >= 4 is 34.3 Å².